The van der Waals surface area contributed by atoms with Crippen LogP contribution in [0.5, 0.6) is 0 Å². The van der Waals surface area contributed by atoms with E-state index < -0.39 is 15.9 Å². The third-order valence-corrected chi connectivity index (χ3v) is 3.78. The lowest BCUT2D eigenvalue weighted by atomic mass is 10.1. The Morgan fingerprint density at radius 2 is 1.55 bits per heavy atom. The Kier molecular flexibility index (Phi) is 13.1. The zero-order chi connectivity index (χ0) is 14.7. The van der Waals surface area contributed by atoms with Gasteiger partial charge in [0.05, 0.1) is 15.9 Å². The summed E-state index contributed by atoms with van der Waals surface area (Å²) in [6.07, 6.45) is 8.41. The monoisotopic (exact) mass is 310 g/mol. The van der Waals surface area contributed by atoms with E-state index in [9.17, 15) is 17.8 Å². The normalized spacial score (nSPS) is 10.9. The number of unbranched alkanes of at least 4 members (excludes halogenated alkanes) is 6. The van der Waals surface area contributed by atoms with Gasteiger partial charge in [0.1, 0.15) is 0 Å². The van der Waals surface area contributed by atoms with Crippen molar-refractivity contribution in [1.29, 1.82) is 0 Å². The van der Waals surface area contributed by atoms with E-state index in [0.29, 0.717) is 6.42 Å². The van der Waals surface area contributed by atoms with Gasteiger partial charge in [-0.2, -0.15) is 0 Å². The molecule has 0 atom stereocenters. The second kappa shape index (κ2) is 12.1. The van der Waals surface area contributed by atoms with Gasteiger partial charge in [-0.1, -0.05) is 45.4 Å². The fraction of sp³-hybridized carbons (Fsp3) is 0.923. The average Bonchev–Trinajstić information content (AvgIpc) is 2.33. The van der Waals surface area contributed by atoms with E-state index >= 15 is 0 Å². The van der Waals surface area contributed by atoms with Crippen LogP contribution in [0.3, 0.4) is 0 Å². The maximum absolute atomic E-state index is 11.6. The van der Waals surface area contributed by atoms with E-state index in [0.717, 1.165) is 19.3 Å². The van der Waals surface area contributed by atoms with Crippen LogP contribution >= 0.6 is 0 Å². The zero-order valence-corrected chi connectivity index (χ0v) is 13.9. The SMILES string of the molecule is CCCCCCCCCC(=O)N(C)CCS(=O)(=O)[O-].[NH4+]. The van der Waals surface area contributed by atoms with Gasteiger partial charge in [-0.15, -0.1) is 0 Å². The van der Waals surface area contributed by atoms with Crippen molar-refractivity contribution < 1.29 is 17.8 Å². The summed E-state index contributed by atoms with van der Waals surface area (Å²) in [5.41, 5.74) is 0. The predicted molar refractivity (Wildman–Crippen MR) is 80.8 cm³/mol. The number of quaternary nitrogens is 1. The minimum atomic E-state index is -4.23. The highest BCUT2D eigenvalue weighted by Gasteiger charge is 2.09. The van der Waals surface area contributed by atoms with E-state index in [1.54, 1.807) is 0 Å². The molecule has 0 aliphatic rings. The number of carbonyl (C=O) groups is 1. The fourth-order valence-corrected chi connectivity index (χ4v) is 2.30. The van der Waals surface area contributed by atoms with E-state index in [-0.39, 0.29) is 18.6 Å². The van der Waals surface area contributed by atoms with Crippen molar-refractivity contribution in [2.45, 2.75) is 58.3 Å². The van der Waals surface area contributed by atoms with Gasteiger partial charge in [0, 0.05) is 20.0 Å². The Morgan fingerprint density at radius 3 is 2.05 bits per heavy atom. The van der Waals surface area contributed by atoms with Crippen molar-refractivity contribution in [1.82, 2.24) is 11.1 Å². The zero-order valence-electron chi connectivity index (χ0n) is 13.1. The first-order chi connectivity index (χ1) is 8.87. The van der Waals surface area contributed by atoms with E-state index in [2.05, 4.69) is 6.92 Å². The molecule has 0 rings (SSSR count). The van der Waals surface area contributed by atoms with Crippen LogP contribution in [0.15, 0.2) is 0 Å². The maximum atomic E-state index is 11.6. The quantitative estimate of drug-likeness (QED) is 0.466. The highest BCUT2D eigenvalue weighted by atomic mass is 32.2. The number of hydrogen-bond donors (Lipinski definition) is 1. The summed E-state index contributed by atoms with van der Waals surface area (Å²) < 4.78 is 31.4. The van der Waals surface area contributed by atoms with Crippen LogP contribution in [0.4, 0.5) is 0 Å². The molecule has 4 N–H and O–H groups in total. The second-order valence-electron chi connectivity index (χ2n) is 4.95. The van der Waals surface area contributed by atoms with E-state index in [4.69, 9.17) is 0 Å². The predicted octanol–water partition coefficient (Wildman–Crippen LogP) is 2.51. The largest absolute Gasteiger partial charge is 0.748 e. The minimum Gasteiger partial charge on any atom is -0.748 e. The van der Waals surface area contributed by atoms with Gasteiger partial charge in [0.2, 0.25) is 5.91 Å². The molecule has 1 amide bonds. The topological polar surface area (TPSA) is 114 Å². The van der Waals surface area contributed by atoms with Crippen molar-refractivity contribution in [3.8, 4) is 0 Å². The Morgan fingerprint density at radius 1 is 1.05 bits per heavy atom. The molecule has 20 heavy (non-hydrogen) atoms. The van der Waals surface area contributed by atoms with E-state index in [1.807, 2.05) is 0 Å². The standard InChI is InChI=1S/C13H27NO4S.H3N/c1-3-4-5-6-7-8-9-10-13(15)14(2)11-12-19(16,17)18;/h3-12H2,1-2H3,(H,16,17,18);1H3. The third kappa shape index (κ3) is 13.8. The molecule has 0 radical (unpaired) electrons. The summed E-state index contributed by atoms with van der Waals surface area (Å²) in [6.45, 7) is 2.16. The van der Waals surface area contributed by atoms with Crippen LogP contribution in [-0.2, 0) is 14.9 Å². The lowest BCUT2D eigenvalue weighted by molar-refractivity contribution is -0.129. The molecule has 0 saturated carbocycles. The van der Waals surface area contributed by atoms with Crippen molar-refractivity contribution in [2.75, 3.05) is 19.3 Å². The fourth-order valence-electron chi connectivity index (χ4n) is 1.80. The molecule has 0 aliphatic carbocycles. The lowest BCUT2D eigenvalue weighted by Gasteiger charge is -2.18. The summed E-state index contributed by atoms with van der Waals surface area (Å²) in [5, 5.41) is 0. The molecule has 0 aromatic carbocycles. The van der Waals surface area contributed by atoms with Crippen molar-refractivity contribution >= 4 is 16.0 Å². The molecular weight excluding hydrogens is 280 g/mol. The third-order valence-electron chi connectivity index (χ3n) is 3.10. The van der Waals surface area contributed by atoms with Gasteiger partial charge in [0.25, 0.3) is 0 Å². The molecule has 0 bridgehead atoms. The molecule has 122 valence electrons. The number of hydrogen-bond acceptors (Lipinski definition) is 4. The summed E-state index contributed by atoms with van der Waals surface area (Å²) in [6, 6.07) is 0. The highest BCUT2D eigenvalue weighted by molar-refractivity contribution is 7.85. The molecule has 7 heteroatoms. The molecule has 6 nitrogen and oxygen atoms in total. The second-order valence-corrected chi connectivity index (χ2v) is 6.47. The lowest BCUT2D eigenvalue weighted by Crippen LogP contribution is -2.31. The first kappa shape index (κ1) is 21.6. The maximum Gasteiger partial charge on any atom is 0.222 e. The first-order valence-electron chi connectivity index (χ1n) is 7.04. The molecule has 0 unspecified atom stereocenters. The van der Waals surface area contributed by atoms with Crippen LogP contribution in [0.1, 0.15) is 58.3 Å². The Balaban J connectivity index is 0. The van der Waals surface area contributed by atoms with Crippen LogP contribution in [-0.4, -0.2) is 43.1 Å². The summed E-state index contributed by atoms with van der Waals surface area (Å²) in [7, 11) is -2.70. The number of carbonyl (C=O) groups excluding carboxylic acids is 1. The van der Waals surface area contributed by atoms with Gasteiger partial charge in [-0.3, -0.25) is 4.79 Å². The summed E-state index contributed by atoms with van der Waals surface area (Å²) >= 11 is 0. The van der Waals surface area contributed by atoms with Gasteiger partial charge in [0.15, 0.2) is 0 Å². The summed E-state index contributed by atoms with van der Waals surface area (Å²) in [4.78, 5) is 13.0. The molecule has 0 aliphatic heterocycles. The van der Waals surface area contributed by atoms with Crippen LogP contribution in [0, 0.1) is 0 Å². The smallest absolute Gasteiger partial charge is 0.222 e. The summed E-state index contributed by atoms with van der Waals surface area (Å²) in [5.74, 6) is -0.594. The van der Waals surface area contributed by atoms with Crippen LogP contribution in [0.25, 0.3) is 0 Å². The highest BCUT2D eigenvalue weighted by Crippen LogP contribution is 2.09. The van der Waals surface area contributed by atoms with Crippen molar-refractivity contribution in [3.05, 3.63) is 0 Å². The molecule has 0 aromatic rings. The average molecular weight is 310 g/mol. The number of amides is 1. The van der Waals surface area contributed by atoms with Gasteiger partial charge >= 0.3 is 0 Å². The van der Waals surface area contributed by atoms with Gasteiger partial charge in [-0.05, 0) is 6.42 Å². The van der Waals surface area contributed by atoms with Crippen LogP contribution < -0.4 is 6.15 Å². The van der Waals surface area contributed by atoms with Gasteiger partial charge in [-0.25, -0.2) is 8.42 Å². The molecule has 0 spiro atoms. The molecular formula is C13H30N2O4S. The first-order valence-corrected chi connectivity index (χ1v) is 8.62. The Hall–Kier alpha value is -0.660. The molecule has 0 saturated heterocycles. The molecule has 0 heterocycles. The Bertz CT molecular complexity index is 344. The van der Waals surface area contributed by atoms with E-state index in [1.165, 1.54) is 37.6 Å². The number of rotatable bonds is 11. The van der Waals surface area contributed by atoms with Crippen molar-refractivity contribution in [2.24, 2.45) is 0 Å². The molecule has 0 fully saturated rings. The minimum absolute atomic E-state index is 0. The van der Waals surface area contributed by atoms with Crippen molar-refractivity contribution in [3.63, 3.8) is 0 Å². The van der Waals surface area contributed by atoms with Gasteiger partial charge < -0.3 is 15.6 Å². The molecule has 0 aromatic heterocycles. The van der Waals surface area contributed by atoms with Crippen LogP contribution in [0.2, 0.25) is 0 Å². The Labute approximate surface area is 123 Å². The number of nitrogens with zero attached hydrogens (tertiary/aromatic N) is 1.